The number of nitrogens with zero attached hydrogens (tertiary/aromatic N) is 2. The molecule has 1 unspecified atom stereocenters. The quantitative estimate of drug-likeness (QED) is 0.654. The van der Waals surface area contributed by atoms with Crippen LogP contribution in [0.25, 0.3) is 0 Å². The van der Waals surface area contributed by atoms with E-state index in [1.54, 1.807) is 12.1 Å². The van der Waals surface area contributed by atoms with Crippen molar-refractivity contribution in [3.05, 3.63) is 52.5 Å². The molecule has 7 heteroatoms. The lowest BCUT2D eigenvalue weighted by Crippen LogP contribution is -2.21. The molecule has 25 heavy (non-hydrogen) atoms. The van der Waals surface area contributed by atoms with Crippen molar-refractivity contribution in [3.63, 3.8) is 0 Å². The Hall–Kier alpha value is -3.27. The average molecular weight is 338 g/mol. The number of carbonyl (C=O) groups excluding carboxylic acids is 1. The van der Waals surface area contributed by atoms with Crippen LogP contribution in [0.3, 0.4) is 0 Å². The van der Waals surface area contributed by atoms with E-state index in [-0.39, 0.29) is 17.8 Å². The van der Waals surface area contributed by atoms with Gasteiger partial charge in [-0.1, -0.05) is 25.5 Å². The second-order valence-corrected chi connectivity index (χ2v) is 5.76. The summed E-state index contributed by atoms with van der Waals surface area (Å²) in [7, 11) is 0. The van der Waals surface area contributed by atoms with E-state index in [0.717, 1.165) is 29.7 Å². The summed E-state index contributed by atoms with van der Waals surface area (Å²) >= 11 is 0. The van der Waals surface area contributed by atoms with Crippen LogP contribution in [0.2, 0.25) is 0 Å². The number of rotatable bonds is 4. The Labute approximate surface area is 145 Å². The lowest BCUT2D eigenvalue weighted by atomic mass is 9.83. The number of nitriles is 1. The minimum Gasteiger partial charge on any atom is -0.427 e. The number of benzene rings is 1. The monoisotopic (exact) mass is 338 g/mol. The standard InChI is InChI=1S/C18H18N4O3/c1-3-4-14-16-15(11-5-7-12(8-6-11)24-10(2)23)13(9-19)17(20)25-18(16)22-21-14/h5-8,15H,3-4,20H2,1-2H3,(H,21,22). The molecule has 0 spiro atoms. The molecule has 0 aliphatic carbocycles. The van der Waals surface area contributed by atoms with E-state index in [1.807, 2.05) is 12.1 Å². The van der Waals surface area contributed by atoms with E-state index in [1.165, 1.54) is 6.92 Å². The van der Waals surface area contributed by atoms with Gasteiger partial charge < -0.3 is 15.2 Å². The van der Waals surface area contributed by atoms with Crippen molar-refractivity contribution in [1.82, 2.24) is 10.2 Å². The molecule has 0 amide bonds. The van der Waals surface area contributed by atoms with Gasteiger partial charge in [0.25, 0.3) is 0 Å². The van der Waals surface area contributed by atoms with Gasteiger partial charge in [0.2, 0.25) is 11.8 Å². The summed E-state index contributed by atoms with van der Waals surface area (Å²) in [4.78, 5) is 11.1. The molecule has 1 aliphatic rings. The zero-order valence-electron chi connectivity index (χ0n) is 14.0. The summed E-state index contributed by atoms with van der Waals surface area (Å²) in [5, 5.41) is 16.8. The highest BCUT2D eigenvalue weighted by molar-refractivity contribution is 5.69. The number of aryl methyl sites for hydroxylation is 1. The smallest absolute Gasteiger partial charge is 0.308 e. The molecule has 1 aromatic carbocycles. The Morgan fingerprint density at radius 2 is 2.16 bits per heavy atom. The SMILES string of the molecule is CCCc1[nH]nc2c1C(c1ccc(OC(C)=O)cc1)C(C#N)=C(N)O2. The van der Waals surface area contributed by atoms with E-state index in [0.29, 0.717) is 17.2 Å². The molecule has 1 aliphatic heterocycles. The summed E-state index contributed by atoms with van der Waals surface area (Å²) in [6, 6.07) is 9.16. The van der Waals surface area contributed by atoms with E-state index in [2.05, 4.69) is 23.2 Å². The highest BCUT2D eigenvalue weighted by atomic mass is 16.5. The fourth-order valence-corrected chi connectivity index (χ4v) is 2.98. The van der Waals surface area contributed by atoms with Crippen LogP contribution < -0.4 is 15.2 Å². The number of H-pyrrole nitrogens is 1. The minimum atomic E-state index is -0.386. The predicted octanol–water partition coefficient (Wildman–Crippen LogP) is 2.51. The van der Waals surface area contributed by atoms with Crippen molar-refractivity contribution >= 4 is 5.97 Å². The number of nitrogens with two attached hydrogens (primary N) is 1. The number of ether oxygens (including phenoxy) is 2. The van der Waals surface area contributed by atoms with Gasteiger partial charge in [-0.05, 0) is 24.1 Å². The summed E-state index contributed by atoms with van der Waals surface area (Å²) in [5.41, 5.74) is 8.86. The van der Waals surface area contributed by atoms with Crippen molar-refractivity contribution in [1.29, 1.82) is 5.26 Å². The lowest BCUT2D eigenvalue weighted by Gasteiger charge is -2.24. The number of aromatic nitrogens is 2. The van der Waals surface area contributed by atoms with Crippen molar-refractivity contribution in [2.45, 2.75) is 32.6 Å². The Morgan fingerprint density at radius 1 is 1.44 bits per heavy atom. The normalized spacial score (nSPS) is 16.0. The molecule has 0 fully saturated rings. The molecule has 3 rings (SSSR count). The first-order valence-corrected chi connectivity index (χ1v) is 7.98. The van der Waals surface area contributed by atoms with Crippen LogP contribution in [-0.4, -0.2) is 16.2 Å². The van der Waals surface area contributed by atoms with Crippen LogP contribution in [0.4, 0.5) is 0 Å². The molecule has 7 nitrogen and oxygen atoms in total. The molecule has 0 saturated heterocycles. The largest absolute Gasteiger partial charge is 0.427 e. The third-order valence-corrected chi connectivity index (χ3v) is 3.99. The van der Waals surface area contributed by atoms with Crippen LogP contribution in [-0.2, 0) is 11.2 Å². The van der Waals surface area contributed by atoms with Gasteiger partial charge in [-0.15, -0.1) is 5.10 Å². The number of nitrogens with one attached hydrogen (secondary N) is 1. The third kappa shape index (κ3) is 3.06. The predicted molar refractivity (Wildman–Crippen MR) is 89.6 cm³/mol. The van der Waals surface area contributed by atoms with E-state index < -0.39 is 0 Å². The van der Waals surface area contributed by atoms with E-state index >= 15 is 0 Å². The Morgan fingerprint density at radius 3 is 2.76 bits per heavy atom. The highest BCUT2D eigenvalue weighted by Gasteiger charge is 2.34. The van der Waals surface area contributed by atoms with Gasteiger partial charge in [0, 0.05) is 18.2 Å². The maximum atomic E-state index is 11.1. The second-order valence-electron chi connectivity index (χ2n) is 5.76. The number of carbonyl (C=O) groups is 1. The minimum absolute atomic E-state index is 0.0543. The molecule has 0 bridgehead atoms. The Balaban J connectivity index is 2.08. The van der Waals surface area contributed by atoms with Gasteiger partial charge in [0.05, 0.1) is 5.92 Å². The van der Waals surface area contributed by atoms with E-state index in [4.69, 9.17) is 15.2 Å². The number of allylic oxidation sites excluding steroid dienone is 1. The number of esters is 1. The number of hydrogen-bond donors (Lipinski definition) is 2. The molecular weight excluding hydrogens is 320 g/mol. The Bertz CT molecular complexity index is 875. The van der Waals surface area contributed by atoms with Gasteiger partial charge in [-0.25, -0.2) is 0 Å². The summed E-state index contributed by atoms with van der Waals surface area (Å²) < 4.78 is 10.6. The summed E-state index contributed by atoms with van der Waals surface area (Å²) in [6.07, 6.45) is 1.71. The zero-order valence-corrected chi connectivity index (χ0v) is 14.0. The molecule has 128 valence electrons. The molecule has 0 radical (unpaired) electrons. The first-order chi connectivity index (χ1) is 12.0. The molecule has 1 aromatic heterocycles. The topological polar surface area (TPSA) is 114 Å². The number of fused-ring (bicyclic) bond motifs is 1. The molecular formula is C18H18N4O3. The maximum absolute atomic E-state index is 11.1. The third-order valence-electron chi connectivity index (χ3n) is 3.99. The van der Waals surface area contributed by atoms with Crippen LogP contribution in [0, 0.1) is 11.3 Å². The molecule has 3 N–H and O–H groups in total. The second kappa shape index (κ2) is 6.69. The Kier molecular flexibility index (Phi) is 4.44. The van der Waals surface area contributed by atoms with Crippen LogP contribution >= 0.6 is 0 Å². The highest BCUT2D eigenvalue weighted by Crippen LogP contribution is 2.43. The zero-order chi connectivity index (χ0) is 18.0. The molecule has 0 saturated carbocycles. The number of hydrogen-bond acceptors (Lipinski definition) is 6. The van der Waals surface area contributed by atoms with Crippen LogP contribution in [0.15, 0.2) is 35.7 Å². The van der Waals surface area contributed by atoms with Gasteiger partial charge in [0.1, 0.15) is 17.4 Å². The van der Waals surface area contributed by atoms with E-state index in [9.17, 15) is 10.1 Å². The van der Waals surface area contributed by atoms with Crippen LogP contribution in [0.5, 0.6) is 11.6 Å². The van der Waals surface area contributed by atoms with Gasteiger partial charge in [0.15, 0.2) is 0 Å². The maximum Gasteiger partial charge on any atom is 0.308 e. The van der Waals surface area contributed by atoms with Gasteiger partial charge in [-0.2, -0.15) is 5.26 Å². The first-order valence-electron chi connectivity index (χ1n) is 7.98. The van der Waals surface area contributed by atoms with Crippen LogP contribution in [0.1, 0.15) is 43.0 Å². The lowest BCUT2D eigenvalue weighted by molar-refractivity contribution is -0.131. The van der Waals surface area contributed by atoms with Gasteiger partial charge in [-0.3, -0.25) is 9.89 Å². The fourth-order valence-electron chi connectivity index (χ4n) is 2.98. The molecule has 2 heterocycles. The van der Waals surface area contributed by atoms with Gasteiger partial charge >= 0.3 is 5.97 Å². The van der Waals surface area contributed by atoms with Crippen molar-refractivity contribution in [3.8, 4) is 17.7 Å². The van der Waals surface area contributed by atoms with Crippen molar-refractivity contribution in [2.75, 3.05) is 0 Å². The first kappa shape index (κ1) is 16.6. The summed E-state index contributed by atoms with van der Waals surface area (Å²) in [6.45, 7) is 3.41. The van der Waals surface area contributed by atoms with Crippen molar-refractivity contribution in [2.24, 2.45) is 5.73 Å². The molecule has 2 aromatic rings. The van der Waals surface area contributed by atoms with Crippen molar-refractivity contribution < 1.29 is 14.3 Å². The fraction of sp³-hybridized carbons (Fsp3) is 0.278. The number of aromatic amines is 1. The average Bonchev–Trinajstić information content (AvgIpc) is 2.96. The molecule has 1 atom stereocenters. The summed E-state index contributed by atoms with van der Waals surface area (Å²) in [5.74, 6) is 0.135.